The highest BCUT2D eigenvalue weighted by molar-refractivity contribution is 5.95. The van der Waals surface area contributed by atoms with Crippen LogP contribution in [0.25, 0.3) is 0 Å². The van der Waals surface area contributed by atoms with Gasteiger partial charge in [0.1, 0.15) is 0 Å². The lowest BCUT2D eigenvalue weighted by molar-refractivity contribution is -0.0860. The fraction of sp³-hybridized carbons (Fsp3) is 0.533. The first-order chi connectivity index (χ1) is 9.11. The largest absolute Gasteiger partial charge is 0.386 e. The smallest absolute Gasteiger partial charge is 0.254 e. The molecule has 1 fully saturated rings. The molecule has 2 aliphatic rings. The Morgan fingerprint density at radius 3 is 2.84 bits per heavy atom. The van der Waals surface area contributed by atoms with E-state index in [1.165, 1.54) is 11.1 Å². The van der Waals surface area contributed by atoms with Crippen molar-refractivity contribution in [2.75, 3.05) is 13.1 Å². The second kappa shape index (κ2) is 4.62. The van der Waals surface area contributed by atoms with Gasteiger partial charge >= 0.3 is 0 Å². The van der Waals surface area contributed by atoms with Crippen molar-refractivity contribution in [2.45, 2.75) is 38.5 Å². The topological polar surface area (TPSA) is 52.6 Å². The van der Waals surface area contributed by atoms with E-state index < -0.39 is 5.60 Å². The van der Waals surface area contributed by atoms with Gasteiger partial charge in [0, 0.05) is 18.7 Å². The fourth-order valence-corrected chi connectivity index (χ4v) is 3.04. The quantitative estimate of drug-likeness (QED) is 0.860. The van der Waals surface area contributed by atoms with Crippen LogP contribution in [0.1, 0.15) is 41.3 Å². The minimum Gasteiger partial charge on any atom is -0.386 e. The number of fused-ring (bicyclic) bond motifs is 1. The molecular formula is C15H20N2O2. The number of hydrogen-bond acceptors (Lipinski definition) is 3. The van der Waals surface area contributed by atoms with Crippen molar-refractivity contribution >= 4 is 5.91 Å². The van der Waals surface area contributed by atoms with Crippen molar-refractivity contribution in [1.82, 2.24) is 10.2 Å². The molecule has 1 aromatic rings. The maximum absolute atomic E-state index is 12.3. The summed E-state index contributed by atoms with van der Waals surface area (Å²) in [6, 6.07) is 5.90. The number of carbonyl (C=O) groups excluding carboxylic acids is 1. The zero-order valence-electron chi connectivity index (χ0n) is 11.3. The van der Waals surface area contributed by atoms with Gasteiger partial charge in [-0.15, -0.1) is 0 Å². The van der Waals surface area contributed by atoms with Gasteiger partial charge in [0.05, 0.1) is 18.7 Å². The van der Waals surface area contributed by atoms with E-state index >= 15 is 0 Å². The normalized spacial score (nSPS) is 20.0. The molecule has 0 unspecified atom stereocenters. The zero-order valence-corrected chi connectivity index (χ0v) is 11.3. The predicted octanol–water partition coefficient (Wildman–Crippen LogP) is 1.28. The summed E-state index contributed by atoms with van der Waals surface area (Å²) >= 11 is 0. The Hall–Kier alpha value is -1.39. The lowest BCUT2D eigenvalue weighted by Crippen LogP contribution is -2.63. The maximum Gasteiger partial charge on any atom is 0.254 e. The summed E-state index contributed by atoms with van der Waals surface area (Å²) in [5, 5.41) is 13.4. The molecule has 19 heavy (non-hydrogen) atoms. The van der Waals surface area contributed by atoms with Crippen LogP contribution in [0.3, 0.4) is 0 Å². The number of β-amino-alcohol motifs (C(OH)–C–C–N with tert-alkyl or cyclic N) is 1. The molecule has 0 radical (unpaired) electrons. The summed E-state index contributed by atoms with van der Waals surface area (Å²) in [4.78, 5) is 14.0. The van der Waals surface area contributed by atoms with Crippen LogP contribution in [0.15, 0.2) is 18.2 Å². The number of likely N-dealkylation sites (tertiary alicyclic amines) is 1. The van der Waals surface area contributed by atoms with E-state index in [0.29, 0.717) is 13.1 Å². The molecule has 4 nitrogen and oxygen atoms in total. The third-order valence-corrected chi connectivity index (χ3v) is 4.06. The molecule has 102 valence electrons. The van der Waals surface area contributed by atoms with E-state index in [1.807, 2.05) is 18.2 Å². The average Bonchev–Trinajstić information content (AvgIpc) is 2.82. The predicted molar refractivity (Wildman–Crippen MR) is 72.7 cm³/mol. The van der Waals surface area contributed by atoms with Crippen LogP contribution < -0.4 is 5.32 Å². The van der Waals surface area contributed by atoms with Crippen molar-refractivity contribution < 1.29 is 9.90 Å². The summed E-state index contributed by atoms with van der Waals surface area (Å²) in [7, 11) is 0. The SMILES string of the molecule is CCCC1(O)CN(C(=O)c2ccc3c(c2)CNC3)C1. The third-order valence-electron chi connectivity index (χ3n) is 4.06. The lowest BCUT2D eigenvalue weighted by atomic mass is 9.88. The number of hydrogen-bond donors (Lipinski definition) is 2. The second-order valence-corrected chi connectivity index (χ2v) is 5.72. The molecule has 2 aliphatic heterocycles. The molecular weight excluding hydrogens is 240 g/mol. The number of nitrogens with zero attached hydrogens (tertiary/aromatic N) is 1. The monoisotopic (exact) mass is 260 g/mol. The second-order valence-electron chi connectivity index (χ2n) is 5.72. The van der Waals surface area contributed by atoms with Gasteiger partial charge < -0.3 is 15.3 Å². The van der Waals surface area contributed by atoms with Crippen molar-refractivity contribution in [3.05, 3.63) is 34.9 Å². The first kappa shape index (κ1) is 12.6. The molecule has 0 bridgehead atoms. The summed E-state index contributed by atoms with van der Waals surface area (Å²) < 4.78 is 0. The molecule has 0 atom stereocenters. The summed E-state index contributed by atoms with van der Waals surface area (Å²) in [5.41, 5.74) is 2.58. The van der Waals surface area contributed by atoms with Crippen molar-refractivity contribution in [3.8, 4) is 0 Å². The van der Waals surface area contributed by atoms with Gasteiger partial charge in [0.2, 0.25) is 0 Å². The molecule has 2 heterocycles. The standard InChI is InChI=1S/C15H20N2O2/c1-2-5-15(19)9-17(10-15)14(18)11-3-4-12-7-16-8-13(12)6-11/h3-4,6,16,19H,2,5,7-10H2,1H3. The van der Waals surface area contributed by atoms with Crippen LogP contribution in [0.4, 0.5) is 0 Å². The molecule has 1 amide bonds. The van der Waals surface area contributed by atoms with Crippen LogP contribution >= 0.6 is 0 Å². The van der Waals surface area contributed by atoms with Crippen molar-refractivity contribution in [2.24, 2.45) is 0 Å². The Morgan fingerprint density at radius 1 is 1.37 bits per heavy atom. The summed E-state index contributed by atoms with van der Waals surface area (Å²) in [6.45, 7) is 4.72. The Bertz CT molecular complexity index is 507. The molecule has 1 saturated heterocycles. The Kier molecular flexibility index (Phi) is 3.07. The van der Waals surface area contributed by atoms with Crippen LogP contribution in [0.5, 0.6) is 0 Å². The van der Waals surface area contributed by atoms with Gasteiger partial charge in [-0.05, 0) is 29.7 Å². The number of amides is 1. The molecule has 2 N–H and O–H groups in total. The minimum absolute atomic E-state index is 0.0375. The number of carbonyl (C=O) groups is 1. The van der Waals surface area contributed by atoms with Crippen LogP contribution in [-0.4, -0.2) is 34.6 Å². The Labute approximate surface area is 113 Å². The maximum atomic E-state index is 12.3. The molecule has 0 saturated carbocycles. The zero-order chi connectivity index (χ0) is 13.5. The van der Waals surface area contributed by atoms with E-state index in [4.69, 9.17) is 0 Å². The number of benzene rings is 1. The van der Waals surface area contributed by atoms with E-state index in [9.17, 15) is 9.90 Å². The van der Waals surface area contributed by atoms with Crippen LogP contribution in [0.2, 0.25) is 0 Å². The van der Waals surface area contributed by atoms with Crippen molar-refractivity contribution in [3.63, 3.8) is 0 Å². The Morgan fingerprint density at radius 2 is 2.11 bits per heavy atom. The Balaban J connectivity index is 1.69. The fourth-order valence-electron chi connectivity index (χ4n) is 3.04. The van der Waals surface area contributed by atoms with E-state index in [-0.39, 0.29) is 5.91 Å². The van der Waals surface area contributed by atoms with E-state index in [1.54, 1.807) is 4.90 Å². The molecule has 0 aromatic heterocycles. The summed E-state index contributed by atoms with van der Waals surface area (Å²) in [6.07, 6.45) is 1.72. The average molecular weight is 260 g/mol. The highest BCUT2D eigenvalue weighted by atomic mass is 16.3. The molecule has 0 spiro atoms. The van der Waals surface area contributed by atoms with Crippen LogP contribution in [0, 0.1) is 0 Å². The van der Waals surface area contributed by atoms with E-state index in [2.05, 4.69) is 12.2 Å². The number of aliphatic hydroxyl groups is 1. The highest BCUT2D eigenvalue weighted by Gasteiger charge is 2.42. The summed E-state index contributed by atoms with van der Waals surface area (Å²) in [5.74, 6) is 0.0375. The molecule has 0 aliphatic carbocycles. The number of rotatable bonds is 3. The van der Waals surface area contributed by atoms with Gasteiger partial charge in [-0.1, -0.05) is 19.4 Å². The van der Waals surface area contributed by atoms with Gasteiger partial charge in [0.15, 0.2) is 0 Å². The van der Waals surface area contributed by atoms with Gasteiger partial charge in [-0.2, -0.15) is 0 Å². The van der Waals surface area contributed by atoms with Gasteiger partial charge in [0.25, 0.3) is 5.91 Å². The highest BCUT2D eigenvalue weighted by Crippen LogP contribution is 2.28. The molecule has 4 heteroatoms. The lowest BCUT2D eigenvalue weighted by Gasteiger charge is -2.46. The van der Waals surface area contributed by atoms with Gasteiger partial charge in [-0.25, -0.2) is 0 Å². The van der Waals surface area contributed by atoms with Crippen molar-refractivity contribution in [1.29, 1.82) is 0 Å². The number of nitrogens with one attached hydrogen (secondary N) is 1. The molecule has 1 aromatic carbocycles. The minimum atomic E-state index is -0.650. The third kappa shape index (κ3) is 2.26. The van der Waals surface area contributed by atoms with Gasteiger partial charge in [-0.3, -0.25) is 4.79 Å². The first-order valence-corrected chi connectivity index (χ1v) is 6.95. The molecule has 3 rings (SSSR count). The van der Waals surface area contributed by atoms with E-state index in [0.717, 1.165) is 31.5 Å². The van der Waals surface area contributed by atoms with Crippen LogP contribution in [-0.2, 0) is 13.1 Å². The first-order valence-electron chi connectivity index (χ1n) is 6.95.